The fraction of sp³-hybridized carbons (Fsp3) is 0.381. The lowest BCUT2D eigenvalue weighted by atomic mass is 10.0. The minimum atomic E-state index is -0.972. The quantitative estimate of drug-likeness (QED) is 0.709. The zero-order valence-corrected chi connectivity index (χ0v) is 16.4. The van der Waals surface area contributed by atoms with E-state index < -0.39 is 11.6 Å². The number of nitrogens with zero attached hydrogens (tertiary/aromatic N) is 1. The Hall–Kier alpha value is -3.03. The molecule has 1 atom stereocenters. The maximum atomic E-state index is 13.2. The molecule has 0 aromatic heterocycles. The van der Waals surface area contributed by atoms with Gasteiger partial charge in [-0.15, -0.1) is 0 Å². The molecule has 0 bridgehead atoms. The first-order valence-corrected chi connectivity index (χ1v) is 9.37. The van der Waals surface area contributed by atoms with Gasteiger partial charge in [0, 0.05) is 24.2 Å². The molecule has 156 valence electrons. The molecule has 1 fully saturated rings. The molecule has 3 rings (SSSR count). The Kier molecular flexibility index (Phi) is 6.74. The number of benzene rings is 2. The van der Waals surface area contributed by atoms with Gasteiger partial charge in [-0.05, 0) is 37.1 Å². The first-order chi connectivity index (χ1) is 14.0. The fourth-order valence-corrected chi connectivity index (χ4v) is 3.42. The number of rotatable bonds is 7. The molecule has 0 aliphatic carbocycles. The Bertz CT molecular complexity index is 863. The van der Waals surface area contributed by atoms with Crippen LogP contribution in [0.4, 0.5) is 13.6 Å². The summed E-state index contributed by atoms with van der Waals surface area (Å²) in [5.74, 6) is -0.329. The van der Waals surface area contributed by atoms with Crippen molar-refractivity contribution in [1.29, 1.82) is 0 Å². The molecule has 1 heterocycles. The molecule has 0 radical (unpaired) electrons. The molecule has 8 heteroatoms. The van der Waals surface area contributed by atoms with Crippen molar-refractivity contribution in [2.24, 2.45) is 0 Å². The zero-order chi connectivity index (χ0) is 20.8. The molecule has 1 aliphatic heterocycles. The SMILES string of the molecule is COc1ccc(C2CCCN2C(=O)NCCOc2ccc(F)c(F)c2)c(OC)c1. The van der Waals surface area contributed by atoms with E-state index in [1.165, 1.54) is 6.07 Å². The van der Waals surface area contributed by atoms with Crippen LogP contribution in [0.5, 0.6) is 17.2 Å². The molecular weight excluding hydrogens is 382 g/mol. The number of halogens is 2. The Balaban J connectivity index is 1.56. The highest BCUT2D eigenvalue weighted by molar-refractivity contribution is 5.75. The highest BCUT2D eigenvalue weighted by atomic mass is 19.2. The van der Waals surface area contributed by atoms with Crippen LogP contribution in [0.25, 0.3) is 0 Å². The Labute approximate surface area is 168 Å². The van der Waals surface area contributed by atoms with E-state index in [0.717, 1.165) is 30.5 Å². The molecule has 2 aromatic carbocycles. The largest absolute Gasteiger partial charge is 0.497 e. The Morgan fingerprint density at radius 2 is 1.90 bits per heavy atom. The van der Waals surface area contributed by atoms with Crippen molar-refractivity contribution in [1.82, 2.24) is 10.2 Å². The van der Waals surface area contributed by atoms with E-state index in [-0.39, 0.29) is 31.0 Å². The van der Waals surface area contributed by atoms with Gasteiger partial charge in [0.1, 0.15) is 23.9 Å². The summed E-state index contributed by atoms with van der Waals surface area (Å²) in [6.07, 6.45) is 1.72. The number of hydrogen-bond donors (Lipinski definition) is 1. The van der Waals surface area contributed by atoms with Crippen LogP contribution < -0.4 is 19.5 Å². The van der Waals surface area contributed by atoms with Crippen molar-refractivity contribution in [2.45, 2.75) is 18.9 Å². The lowest BCUT2D eigenvalue weighted by Crippen LogP contribution is -2.41. The standard InChI is InChI=1S/C21H24F2N2O4/c1-27-14-5-7-16(20(13-14)28-2)19-4-3-10-25(19)21(26)24-9-11-29-15-6-8-17(22)18(23)12-15/h5-8,12-13,19H,3-4,9-11H2,1-2H3,(H,24,26). The number of ether oxygens (including phenoxy) is 3. The maximum Gasteiger partial charge on any atom is 0.318 e. The number of nitrogens with one attached hydrogen (secondary N) is 1. The summed E-state index contributed by atoms with van der Waals surface area (Å²) >= 11 is 0. The second-order valence-electron chi connectivity index (χ2n) is 6.62. The van der Waals surface area contributed by atoms with Gasteiger partial charge in [-0.2, -0.15) is 0 Å². The predicted molar refractivity (Wildman–Crippen MR) is 103 cm³/mol. The van der Waals surface area contributed by atoms with E-state index >= 15 is 0 Å². The van der Waals surface area contributed by atoms with Crippen molar-refractivity contribution in [2.75, 3.05) is 33.9 Å². The topological polar surface area (TPSA) is 60.0 Å². The van der Waals surface area contributed by atoms with Crippen LogP contribution in [0.2, 0.25) is 0 Å². The molecule has 2 aromatic rings. The van der Waals surface area contributed by atoms with Crippen molar-refractivity contribution >= 4 is 6.03 Å². The van der Waals surface area contributed by atoms with Gasteiger partial charge in [-0.25, -0.2) is 13.6 Å². The maximum absolute atomic E-state index is 13.2. The minimum absolute atomic E-state index is 0.0945. The van der Waals surface area contributed by atoms with Crippen LogP contribution in [0.15, 0.2) is 36.4 Å². The summed E-state index contributed by atoms with van der Waals surface area (Å²) in [5, 5.41) is 2.81. The average molecular weight is 406 g/mol. The van der Waals surface area contributed by atoms with Crippen molar-refractivity contribution in [3.05, 3.63) is 53.6 Å². The number of methoxy groups -OCH3 is 2. The van der Waals surface area contributed by atoms with Crippen LogP contribution >= 0.6 is 0 Å². The van der Waals surface area contributed by atoms with Crippen LogP contribution in [0.1, 0.15) is 24.4 Å². The summed E-state index contributed by atoms with van der Waals surface area (Å²) < 4.78 is 42.2. The second-order valence-corrected chi connectivity index (χ2v) is 6.62. The van der Waals surface area contributed by atoms with Gasteiger partial charge in [-0.1, -0.05) is 0 Å². The van der Waals surface area contributed by atoms with Gasteiger partial charge in [0.25, 0.3) is 0 Å². The van der Waals surface area contributed by atoms with Gasteiger partial charge in [0.05, 0.1) is 26.8 Å². The Morgan fingerprint density at radius 1 is 1.10 bits per heavy atom. The molecule has 1 N–H and O–H groups in total. The van der Waals surface area contributed by atoms with E-state index in [0.29, 0.717) is 18.0 Å². The number of amides is 2. The first-order valence-electron chi connectivity index (χ1n) is 9.37. The molecule has 0 saturated carbocycles. The normalized spacial score (nSPS) is 15.9. The average Bonchev–Trinajstić information content (AvgIpc) is 3.22. The Morgan fingerprint density at radius 3 is 2.62 bits per heavy atom. The predicted octanol–water partition coefficient (Wildman–Crippen LogP) is 3.91. The van der Waals surface area contributed by atoms with Crippen molar-refractivity contribution in [3.63, 3.8) is 0 Å². The van der Waals surface area contributed by atoms with Crippen LogP contribution in [0.3, 0.4) is 0 Å². The number of hydrogen-bond acceptors (Lipinski definition) is 4. The number of carbonyl (C=O) groups excluding carboxylic acids is 1. The lowest BCUT2D eigenvalue weighted by molar-refractivity contribution is 0.189. The number of carbonyl (C=O) groups is 1. The fourth-order valence-electron chi connectivity index (χ4n) is 3.42. The summed E-state index contributed by atoms with van der Waals surface area (Å²) in [6.45, 7) is 1.01. The highest BCUT2D eigenvalue weighted by Crippen LogP contribution is 2.38. The van der Waals surface area contributed by atoms with E-state index in [4.69, 9.17) is 14.2 Å². The summed E-state index contributed by atoms with van der Waals surface area (Å²) in [4.78, 5) is 14.4. The van der Waals surface area contributed by atoms with Gasteiger partial charge in [0.2, 0.25) is 0 Å². The van der Waals surface area contributed by atoms with Crippen LogP contribution in [-0.2, 0) is 0 Å². The van der Waals surface area contributed by atoms with Crippen molar-refractivity contribution in [3.8, 4) is 17.2 Å². The molecule has 1 aliphatic rings. The molecule has 1 unspecified atom stereocenters. The van der Waals surface area contributed by atoms with Gasteiger partial charge >= 0.3 is 6.03 Å². The number of likely N-dealkylation sites (tertiary alicyclic amines) is 1. The molecule has 2 amide bonds. The smallest absolute Gasteiger partial charge is 0.318 e. The van der Waals surface area contributed by atoms with Crippen LogP contribution in [0, 0.1) is 11.6 Å². The third-order valence-corrected chi connectivity index (χ3v) is 4.85. The zero-order valence-electron chi connectivity index (χ0n) is 16.4. The molecule has 0 spiro atoms. The molecule has 6 nitrogen and oxygen atoms in total. The summed E-state index contributed by atoms with van der Waals surface area (Å²) in [6, 6.07) is 8.58. The molecular formula is C21H24F2N2O4. The third-order valence-electron chi connectivity index (χ3n) is 4.85. The van der Waals surface area contributed by atoms with E-state index in [1.807, 2.05) is 12.1 Å². The van der Waals surface area contributed by atoms with E-state index in [1.54, 1.807) is 25.2 Å². The second kappa shape index (κ2) is 9.45. The third kappa shape index (κ3) is 4.88. The van der Waals surface area contributed by atoms with Crippen LogP contribution in [-0.4, -0.2) is 44.8 Å². The lowest BCUT2D eigenvalue weighted by Gasteiger charge is -2.26. The van der Waals surface area contributed by atoms with Gasteiger partial charge in [-0.3, -0.25) is 0 Å². The van der Waals surface area contributed by atoms with Gasteiger partial charge < -0.3 is 24.4 Å². The van der Waals surface area contributed by atoms with Crippen molar-refractivity contribution < 1.29 is 27.8 Å². The first kappa shape index (κ1) is 20.7. The summed E-state index contributed by atoms with van der Waals surface area (Å²) in [7, 11) is 3.18. The minimum Gasteiger partial charge on any atom is -0.497 e. The molecule has 1 saturated heterocycles. The highest BCUT2D eigenvalue weighted by Gasteiger charge is 2.31. The van der Waals surface area contributed by atoms with Gasteiger partial charge in [0.15, 0.2) is 11.6 Å². The number of urea groups is 1. The molecule has 29 heavy (non-hydrogen) atoms. The summed E-state index contributed by atoms with van der Waals surface area (Å²) in [5.41, 5.74) is 0.930. The van der Waals surface area contributed by atoms with E-state index in [9.17, 15) is 13.6 Å². The van der Waals surface area contributed by atoms with E-state index in [2.05, 4.69) is 5.32 Å². The monoisotopic (exact) mass is 406 g/mol.